The number of fused-ring (bicyclic) bond motifs is 1. The maximum absolute atomic E-state index is 11.2. The van der Waals surface area contributed by atoms with Crippen LogP contribution in [0.1, 0.15) is 18.5 Å². The fourth-order valence-electron chi connectivity index (χ4n) is 3.49. The lowest BCUT2D eigenvalue weighted by atomic mass is 9.84. The Morgan fingerprint density at radius 1 is 1.29 bits per heavy atom. The summed E-state index contributed by atoms with van der Waals surface area (Å²) >= 11 is 0. The van der Waals surface area contributed by atoms with E-state index in [4.69, 9.17) is 19.9 Å². The molecule has 0 unspecified atom stereocenters. The number of nitro benzene ring substituents is 1. The minimum Gasteiger partial charge on any atom is -0.479 e. The number of ether oxygens (including phenoxy) is 3. The van der Waals surface area contributed by atoms with Crippen LogP contribution in [0.5, 0.6) is 5.75 Å². The molecule has 0 aliphatic carbocycles. The first kappa shape index (κ1) is 19.9. The number of nitrogens with zero attached hydrogens (tertiary/aromatic N) is 1. The number of aliphatic hydroxyl groups is 1. The summed E-state index contributed by atoms with van der Waals surface area (Å²) in [6.07, 6.45) is -2.06. The second-order valence-corrected chi connectivity index (χ2v) is 6.72. The van der Waals surface area contributed by atoms with Crippen molar-refractivity contribution in [3.8, 4) is 5.75 Å². The fourth-order valence-corrected chi connectivity index (χ4v) is 3.49. The highest BCUT2D eigenvalue weighted by Crippen LogP contribution is 2.45. The van der Waals surface area contributed by atoms with Crippen molar-refractivity contribution in [2.24, 2.45) is 0 Å². The molecule has 4 N–H and O–H groups in total. The Bertz CT molecular complexity index is 872. The number of benzene rings is 2. The summed E-state index contributed by atoms with van der Waals surface area (Å²) < 4.78 is 16.7. The van der Waals surface area contributed by atoms with Crippen LogP contribution < -0.4 is 15.8 Å². The van der Waals surface area contributed by atoms with Crippen LogP contribution in [0.25, 0.3) is 0 Å². The quantitative estimate of drug-likeness (QED) is 0.297. The van der Waals surface area contributed by atoms with Crippen molar-refractivity contribution in [2.75, 3.05) is 25.3 Å². The normalized spacial score (nSPS) is 23.8. The smallest absolute Gasteiger partial charge is 0.270 e. The molecule has 150 valence electrons. The van der Waals surface area contributed by atoms with Crippen molar-refractivity contribution < 1.29 is 24.2 Å². The number of nitrogens with one attached hydrogen (secondary N) is 1. The second kappa shape index (κ2) is 7.63. The first-order valence-electron chi connectivity index (χ1n) is 8.64. The predicted molar refractivity (Wildman–Crippen MR) is 103 cm³/mol. The van der Waals surface area contributed by atoms with Gasteiger partial charge in [0, 0.05) is 31.9 Å². The van der Waals surface area contributed by atoms with Crippen LogP contribution in [-0.2, 0) is 9.47 Å². The highest BCUT2D eigenvalue weighted by molar-refractivity contribution is 5.67. The average molecular weight is 389 g/mol. The van der Waals surface area contributed by atoms with E-state index in [1.807, 2.05) is 0 Å². The molecule has 0 radical (unpaired) electrons. The molecule has 28 heavy (non-hydrogen) atoms. The van der Waals surface area contributed by atoms with Gasteiger partial charge in [0.05, 0.1) is 22.3 Å². The van der Waals surface area contributed by atoms with Crippen molar-refractivity contribution in [1.82, 2.24) is 0 Å². The topological polar surface area (TPSA) is 129 Å². The molecule has 1 aliphatic heterocycles. The van der Waals surface area contributed by atoms with Gasteiger partial charge in [-0.05, 0) is 25.1 Å². The lowest BCUT2D eigenvalue weighted by Gasteiger charge is -2.46. The van der Waals surface area contributed by atoms with Crippen LogP contribution in [0, 0.1) is 10.1 Å². The standard InChI is InChI=1S/C19H23N3O6/c1-19(18(26-2)27-3)17(23)16(21-14-7-5-4-6-13(14)20)12-10-11(22(24)25)8-9-15(12)28-19/h4-10,16-18,21,23H,20H2,1-3H3/t16-,17+,19+/m0/s1. The zero-order chi connectivity index (χ0) is 20.5. The second-order valence-electron chi connectivity index (χ2n) is 6.72. The molecule has 0 aromatic heterocycles. The summed E-state index contributed by atoms with van der Waals surface area (Å²) in [5, 5.41) is 25.6. The first-order valence-corrected chi connectivity index (χ1v) is 8.64. The number of hydrogen-bond acceptors (Lipinski definition) is 8. The van der Waals surface area contributed by atoms with Gasteiger partial charge in [0.25, 0.3) is 5.69 Å². The Labute approximate surface area is 162 Å². The van der Waals surface area contributed by atoms with E-state index in [-0.39, 0.29) is 5.69 Å². The molecule has 1 aliphatic rings. The van der Waals surface area contributed by atoms with E-state index in [2.05, 4.69) is 5.32 Å². The summed E-state index contributed by atoms with van der Waals surface area (Å²) in [5.41, 5.74) is 6.13. The number of hydrogen-bond donors (Lipinski definition) is 3. The van der Waals surface area contributed by atoms with Gasteiger partial charge in [-0.3, -0.25) is 10.1 Å². The number of aliphatic hydroxyl groups excluding tert-OH is 1. The van der Waals surface area contributed by atoms with Crippen LogP contribution in [0.3, 0.4) is 0 Å². The maximum Gasteiger partial charge on any atom is 0.270 e. The molecule has 0 spiro atoms. The summed E-state index contributed by atoms with van der Waals surface area (Å²) in [7, 11) is 2.89. The molecule has 0 fully saturated rings. The molecule has 3 atom stereocenters. The molecule has 9 heteroatoms. The van der Waals surface area contributed by atoms with E-state index in [0.29, 0.717) is 22.7 Å². The molecular formula is C19H23N3O6. The lowest BCUT2D eigenvalue weighted by Crippen LogP contribution is -2.60. The molecule has 3 rings (SSSR count). The Balaban J connectivity index is 2.12. The third-order valence-corrected chi connectivity index (χ3v) is 4.94. The number of nitrogen functional groups attached to an aromatic ring is 1. The van der Waals surface area contributed by atoms with Gasteiger partial charge in [-0.15, -0.1) is 0 Å². The minimum atomic E-state index is -1.28. The minimum absolute atomic E-state index is 0.110. The van der Waals surface area contributed by atoms with Crippen molar-refractivity contribution in [1.29, 1.82) is 0 Å². The Kier molecular flexibility index (Phi) is 5.41. The third-order valence-electron chi connectivity index (χ3n) is 4.94. The molecule has 0 bridgehead atoms. The van der Waals surface area contributed by atoms with Crippen LogP contribution >= 0.6 is 0 Å². The third kappa shape index (κ3) is 3.35. The lowest BCUT2D eigenvalue weighted by molar-refractivity contribution is -0.385. The number of methoxy groups -OCH3 is 2. The van der Waals surface area contributed by atoms with Gasteiger partial charge < -0.3 is 30.4 Å². The number of anilines is 2. The average Bonchev–Trinajstić information content (AvgIpc) is 2.67. The summed E-state index contributed by atoms with van der Waals surface area (Å²) in [4.78, 5) is 10.7. The SMILES string of the molecule is COC(OC)[C@]1(C)Oc2ccc([N+](=O)[O-])cc2[C@H](Nc2ccccc2N)[C@H]1O. The molecule has 9 nitrogen and oxygen atoms in total. The van der Waals surface area contributed by atoms with Crippen molar-refractivity contribution in [3.05, 3.63) is 58.1 Å². The summed E-state index contributed by atoms with van der Waals surface area (Å²) in [6, 6.07) is 10.5. The van der Waals surface area contributed by atoms with Crippen LogP contribution in [0.4, 0.5) is 17.1 Å². The largest absolute Gasteiger partial charge is 0.479 e. The molecule has 0 amide bonds. The predicted octanol–water partition coefficient (Wildman–Crippen LogP) is 2.46. The maximum atomic E-state index is 11.2. The van der Waals surface area contributed by atoms with E-state index in [1.165, 1.54) is 32.4 Å². The zero-order valence-corrected chi connectivity index (χ0v) is 15.8. The van der Waals surface area contributed by atoms with Gasteiger partial charge in [-0.2, -0.15) is 0 Å². The first-order chi connectivity index (χ1) is 13.3. The number of nitro groups is 1. The van der Waals surface area contributed by atoms with Crippen LogP contribution in [0.2, 0.25) is 0 Å². The number of para-hydroxylation sites is 2. The summed E-state index contributed by atoms with van der Waals surface area (Å²) in [6.45, 7) is 1.66. The van der Waals surface area contributed by atoms with Crippen LogP contribution in [0.15, 0.2) is 42.5 Å². The van der Waals surface area contributed by atoms with E-state index < -0.39 is 29.0 Å². The molecule has 0 saturated heterocycles. The van der Waals surface area contributed by atoms with Crippen LogP contribution in [-0.4, -0.2) is 42.2 Å². The fraction of sp³-hybridized carbons (Fsp3) is 0.368. The molecular weight excluding hydrogens is 366 g/mol. The van der Waals surface area contributed by atoms with E-state index in [0.717, 1.165) is 0 Å². The van der Waals surface area contributed by atoms with Crippen molar-refractivity contribution in [2.45, 2.75) is 31.0 Å². The van der Waals surface area contributed by atoms with Gasteiger partial charge in [0.15, 0.2) is 11.9 Å². The Morgan fingerprint density at radius 2 is 1.96 bits per heavy atom. The molecule has 0 saturated carbocycles. The van der Waals surface area contributed by atoms with E-state index in [1.54, 1.807) is 31.2 Å². The molecule has 2 aromatic carbocycles. The van der Waals surface area contributed by atoms with E-state index in [9.17, 15) is 15.2 Å². The van der Waals surface area contributed by atoms with Gasteiger partial charge >= 0.3 is 0 Å². The van der Waals surface area contributed by atoms with Gasteiger partial charge in [-0.1, -0.05) is 12.1 Å². The number of nitrogens with two attached hydrogens (primary N) is 1. The van der Waals surface area contributed by atoms with Crippen molar-refractivity contribution in [3.63, 3.8) is 0 Å². The Morgan fingerprint density at radius 3 is 2.57 bits per heavy atom. The summed E-state index contributed by atoms with van der Waals surface area (Å²) in [5.74, 6) is 0.379. The Hall–Kier alpha value is -2.88. The van der Waals surface area contributed by atoms with E-state index >= 15 is 0 Å². The monoisotopic (exact) mass is 389 g/mol. The van der Waals surface area contributed by atoms with Gasteiger partial charge in [0.2, 0.25) is 0 Å². The highest BCUT2D eigenvalue weighted by atomic mass is 16.7. The molecule has 1 heterocycles. The van der Waals surface area contributed by atoms with Gasteiger partial charge in [-0.25, -0.2) is 0 Å². The number of rotatable bonds is 6. The molecule has 2 aromatic rings. The van der Waals surface area contributed by atoms with Crippen molar-refractivity contribution >= 4 is 17.1 Å². The zero-order valence-electron chi connectivity index (χ0n) is 15.8. The highest BCUT2D eigenvalue weighted by Gasteiger charge is 2.52. The number of non-ortho nitro benzene ring substituents is 1. The van der Waals surface area contributed by atoms with Gasteiger partial charge in [0.1, 0.15) is 11.9 Å².